The number of aromatic nitrogens is 2. The van der Waals surface area contributed by atoms with Crippen LogP contribution in [-0.2, 0) is 35.2 Å². The molecule has 0 saturated carbocycles. The van der Waals surface area contributed by atoms with E-state index in [-0.39, 0.29) is 55.9 Å². The van der Waals surface area contributed by atoms with Crippen molar-refractivity contribution in [1.82, 2.24) is 9.13 Å². The number of carbonyl (C=O) groups excluding carboxylic acids is 2. The second kappa shape index (κ2) is 11.5. The van der Waals surface area contributed by atoms with Crippen LogP contribution < -0.4 is 22.2 Å². The Morgan fingerprint density at radius 3 is 1.25 bits per heavy atom. The van der Waals surface area contributed by atoms with Crippen molar-refractivity contribution in [3.63, 3.8) is 0 Å². The molecule has 2 aliphatic rings. The Morgan fingerprint density at radius 2 is 0.917 bits per heavy atom. The predicted molar refractivity (Wildman–Crippen MR) is 186 cm³/mol. The van der Waals surface area contributed by atoms with Crippen LogP contribution in [0, 0.1) is 0 Å². The molecule has 0 unspecified atom stereocenters. The molecule has 4 heterocycles. The van der Waals surface area contributed by atoms with Crippen molar-refractivity contribution >= 4 is 66.9 Å². The summed E-state index contributed by atoms with van der Waals surface area (Å²) in [5, 5.41) is 2.16. The van der Waals surface area contributed by atoms with Gasteiger partial charge in [-0.3, -0.25) is 19.2 Å². The molecule has 0 radical (unpaired) electrons. The lowest BCUT2D eigenvalue weighted by Crippen LogP contribution is -2.25. The molecule has 0 bridgehead atoms. The Labute approximate surface area is 280 Å². The van der Waals surface area contributed by atoms with E-state index in [9.17, 15) is 28.8 Å². The second-order valence-electron chi connectivity index (χ2n) is 12.3. The van der Waals surface area contributed by atoms with Gasteiger partial charge in [0.15, 0.2) is 0 Å². The molecule has 10 nitrogen and oxygen atoms in total. The second-order valence-corrected chi connectivity index (χ2v) is 14.4. The van der Waals surface area contributed by atoms with Crippen LogP contribution in [0.3, 0.4) is 0 Å². The van der Waals surface area contributed by atoms with E-state index in [4.69, 9.17) is 9.47 Å². The van der Waals surface area contributed by atoms with Gasteiger partial charge in [-0.25, -0.2) is 18.7 Å². The fourth-order valence-electron chi connectivity index (χ4n) is 7.34. The average Bonchev–Trinajstić information content (AvgIpc) is 3.78. The first-order valence-electron chi connectivity index (χ1n) is 16.3. The summed E-state index contributed by atoms with van der Waals surface area (Å²) in [5.74, 6) is -1.10. The fourth-order valence-corrected chi connectivity index (χ4v) is 10.1. The lowest BCUT2D eigenvalue weighted by molar-refractivity contribution is 0.0515. The summed E-state index contributed by atoms with van der Waals surface area (Å²) in [5.41, 5.74) is 0.00570. The number of nitrogens with zero attached hydrogens (tertiary/aromatic N) is 2. The normalized spacial score (nSPS) is 14.5. The Hall–Kier alpha value is -4.68. The third-order valence-electron chi connectivity index (χ3n) is 9.52. The van der Waals surface area contributed by atoms with Gasteiger partial charge in [-0.2, -0.15) is 0 Å². The van der Waals surface area contributed by atoms with E-state index in [2.05, 4.69) is 0 Å². The fraction of sp³-hybridized carbons (Fsp3) is 0.333. The van der Waals surface area contributed by atoms with E-state index < -0.39 is 34.2 Å². The molecule has 4 aromatic heterocycles. The topological polar surface area (TPSA) is 131 Å². The van der Waals surface area contributed by atoms with Crippen LogP contribution in [0.4, 0.5) is 0 Å². The number of aryl methyl sites for hydroxylation is 2. The van der Waals surface area contributed by atoms with Gasteiger partial charge in [0, 0.05) is 9.75 Å². The molecule has 48 heavy (non-hydrogen) atoms. The summed E-state index contributed by atoms with van der Waals surface area (Å²) in [6.07, 6.45) is 6.60. The molecule has 0 spiro atoms. The van der Waals surface area contributed by atoms with Crippen molar-refractivity contribution < 1.29 is 19.1 Å². The van der Waals surface area contributed by atoms with Crippen LogP contribution in [0.2, 0.25) is 0 Å². The zero-order chi connectivity index (χ0) is 33.4. The molecule has 2 aliphatic carbocycles. The molecule has 0 saturated heterocycles. The van der Waals surface area contributed by atoms with E-state index in [1.165, 1.54) is 22.7 Å². The molecule has 2 aromatic carbocycles. The molecule has 8 rings (SSSR count). The van der Waals surface area contributed by atoms with Gasteiger partial charge in [0.1, 0.15) is 10.0 Å². The van der Waals surface area contributed by atoms with Gasteiger partial charge in [-0.1, -0.05) is 0 Å². The first kappa shape index (κ1) is 30.6. The van der Waals surface area contributed by atoms with Crippen LogP contribution >= 0.6 is 22.7 Å². The van der Waals surface area contributed by atoms with Crippen molar-refractivity contribution in [3.8, 4) is 10.0 Å². The van der Waals surface area contributed by atoms with Gasteiger partial charge >= 0.3 is 11.9 Å². The maximum atomic E-state index is 13.9. The summed E-state index contributed by atoms with van der Waals surface area (Å²) in [6.45, 7) is 3.75. The van der Waals surface area contributed by atoms with Crippen molar-refractivity contribution in [3.05, 3.63) is 97.7 Å². The predicted octanol–water partition coefficient (Wildman–Crippen LogP) is 5.28. The summed E-state index contributed by atoms with van der Waals surface area (Å²) in [7, 11) is 0. The highest BCUT2D eigenvalue weighted by Crippen LogP contribution is 2.38. The van der Waals surface area contributed by atoms with Crippen molar-refractivity contribution in [1.29, 1.82) is 0 Å². The lowest BCUT2D eigenvalue weighted by atomic mass is 9.95. The van der Waals surface area contributed by atoms with Crippen LogP contribution in [0.1, 0.15) is 81.1 Å². The summed E-state index contributed by atoms with van der Waals surface area (Å²) in [6, 6.07) is 6.27. The minimum atomic E-state index is -0.561. The zero-order valence-corrected chi connectivity index (χ0v) is 28.0. The minimum absolute atomic E-state index is 0.151. The molecule has 0 amide bonds. The number of hydrogen-bond acceptors (Lipinski definition) is 10. The van der Waals surface area contributed by atoms with E-state index in [1.807, 2.05) is 0 Å². The maximum Gasteiger partial charge on any atom is 0.341 e. The van der Waals surface area contributed by atoms with E-state index in [0.717, 1.165) is 68.5 Å². The molecule has 0 fully saturated rings. The van der Waals surface area contributed by atoms with Crippen LogP contribution in [0.25, 0.3) is 42.3 Å². The first-order chi connectivity index (χ1) is 23.2. The van der Waals surface area contributed by atoms with Crippen molar-refractivity contribution in [2.75, 3.05) is 13.2 Å². The van der Waals surface area contributed by atoms with Crippen molar-refractivity contribution in [2.24, 2.45) is 0 Å². The third kappa shape index (κ3) is 4.42. The van der Waals surface area contributed by atoms with Gasteiger partial charge < -0.3 is 9.47 Å². The largest absolute Gasteiger partial charge is 0.462 e. The van der Waals surface area contributed by atoms with E-state index in [1.54, 1.807) is 38.1 Å². The quantitative estimate of drug-likeness (QED) is 0.217. The molecule has 244 valence electrons. The average molecular weight is 683 g/mol. The molecule has 6 aromatic rings. The maximum absolute atomic E-state index is 13.9. The summed E-state index contributed by atoms with van der Waals surface area (Å²) in [4.78, 5) is 83.9. The van der Waals surface area contributed by atoms with Crippen LogP contribution in [0.5, 0.6) is 0 Å². The smallest absolute Gasteiger partial charge is 0.341 e. The van der Waals surface area contributed by atoms with Crippen LogP contribution in [0.15, 0.2) is 43.4 Å². The Bertz CT molecular complexity index is 2300. The SMILES string of the molecule is CCOC(=O)c1c(-n2c(=O)c3cc4cc5c(=O)n(-c6sc7c(c6C(=O)OCC)CCCC7)c(=O)c5cc4cc3c2=O)sc2c1CCCC2. The van der Waals surface area contributed by atoms with Gasteiger partial charge in [-0.15, -0.1) is 22.7 Å². The van der Waals surface area contributed by atoms with Gasteiger partial charge in [0.2, 0.25) is 0 Å². The standard InChI is InChI=1S/C36H30N2O8S2/c1-3-45-35(43)27-19-9-5-7-11-25(19)47-33(27)37-29(39)21-13-17-15-23-24(16-18(17)14-22(21)30(37)40)32(42)38(31(23)41)34-28(36(44)46-4-2)20-10-6-8-12-26(20)48-34/h13-16H,3-12H2,1-2H3. The highest BCUT2D eigenvalue weighted by atomic mass is 32.1. The highest BCUT2D eigenvalue weighted by molar-refractivity contribution is 7.15. The molecule has 0 atom stereocenters. The molecule has 12 heteroatoms. The Morgan fingerprint density at radius 1 is 0.583 bits per heavy atom. The highest BCUT2D eigenvalue weighted by Gasteiger charge is 2.32. The summed E-state index contributed by atoms with van der Waals surface area (Å²) >= 11 is 2.57. The minimum Gasteiger partial charge on any atom is -0.462 e. The molecular formula is C36H30N2O8S2. The van der Waals surface area contributed by atoms with Gasteiger partial charge in [0.05, 0.1) is 45.9 Å². The third-order valence-corrected chi connectivity index (χ3v) is 12.1. The first-order valence-corrected chi connectivity index (χ1v) is 17.9. The van der Waals surface area contributed by atoms with Crippen LogP contribution in [-0.4, -0.2) is 34.3 Å². The molecular weight excluding hydrogens is 653 g/mol. The zero-order valence-electron chi connectivity index (χ0n) is 26.4. The number of carbonyl (C=O) groups is 2. The monoisotopic (exact) mass is 682 g/mol. The van der Waals surface area contributed by atoms with Gasteiger partial charge in [-0.05, 0) is 111 Å². The lowest BCUT2D eigenvalue weighted by Gasteiger charge is -2.12. The molecule has 0 N–H and O–H groups in total. The Kier molecular flexibility index (Phi) is 7.33. The van der Waals surface area contributed by atoms with Crippen molar-refractivity contribution in [2.45, 2.75) is 65.2 Å². The number of benzene rings is 2. The number of fused-ring (bicyclic) bond motifs is 5. The van der Waals surface area contributed by atoms with E-state index >= 15 is 0 Å². The molecule has 0 aliphatic heterocycles. The number of ether oxygens (including phenoxy) is 2. The Balaban J connectivity index is 1.33. The number of rotatable bonds is 6. The number of thiophene rings is 2. The summed E-state index contributed by atoms with van der Waals surface area (Å²) < 4.78 is 12.8. The van der Waals surface area contributed by atoms with Gasteiger partial charge in [0.25, 0.3) is 22.2 Å². The number of esters is 2. The van der Waals surface area contributed by atoms with E-state index in [0.29, 0.717) is 23.6 Å². The number of hydrogen-bond donors (Lipinski definition) is 0.